The lowest BCUT2D eigenvalue weighted by Crippen LogP contribution is -2.46. The molecule has 0 aliphatic heterocycles. The number of carbonyl (C=O) groups is 3. The average molecular weight is 397 g/mol. The highest BCUT2D eigenvalue weighted by molar-refractivity contribution is 5.96. The third-order valence-electron chi connectivity index (χ3n) is 4.71. The monoisotopic (exact) mass is 397 g/mol. The molecule has 0 aromatic heterocycles. The van der Waals surface area contributed by atoms with Gasteiger partial charge in [0.25, 0.3) is 5.91 Å². The number of anilines is 1. The Morgan fingerprint density at radius 1 is 1.00 bits per heavy atom. The minimum absolute atomic E-state index is 0.0118. The smallest absolute Gasteiger partial charge is 0.319 e. The molecule has 0 saturated carbocycles. The van der Waals surface area contributed by atoms with Crippen LogP contribution in [0.3, 0.4) is 0 Å². The van der Waals surface area contributed by atoms with Crippen LogP contribution in [0.1, 0.15) is 43.1 Å². The van der Waals surface area contributed by atoms with E-state index in [9.17, 15) is 19.5 Å². The molecule has 0 spiro atoms. The van der Waals surface area contributed by atoms with Crippen LogP contribution in [0.5, 0.6) is 0 Å². The van der Waals surface area contributed by atoms with E-state index in [0.717, 1.165) is 0 Å². The standard InChI is InChI=1S/C22H27N3O4/c1-4-22(20(27)28,17-8-6-5-7-9-17)14-23-19(26)16-10-12-18(13-11-16)25-21(29)24-15(2)3/h5-13,15H,4,14H2,1-3H3,(H,23,26)(H,27,28)(H2,24,25,29). The summed E-state index contributed by atoms with van der Waals surface area (Å²) in [6.45, 7) is 5.47. The van der Waals surface area contributed by atoms with E-state index in [-0.39, 0.29) is 24.5 Å². The molecular formula is C22H27N3O4. The second-order valence-electron chi connectivity index (χ2n) is 7.12. The maximum atomic E-state index is 12.5. The van der Waals surface area contributed by atoms with Gasteiger partial charge in [-0.25, -0.2) is 4.79 Å². The Hall–Kier alpha value is -3.35. The van der Waals surface area contributed by atoms with Crippen molar-refractivity contribution in [2.24, 2.45) is 0 Å². The normalized spacial score (nSPS) is 12.7. The van der Waals surface area contributed by atoms with E-state index in [1.165, 1.54) is 0 Å². The van der Waals surface area contributed by atoms with Crippen molar-refractivity contribution in [1.29, 1.82) is 0 Å². The fraction of sp³-hybridized carbons (Fsp3) is 0.318. The van der Waals surface area contributed by atoms with Crippen molar-refractivity contribution >= 4 is 23.6 Å². The quantitative estimate of drug-likeness (QED) is 0.548. The minimum Gasteiger partial charge on any atom is -0.481 e. The fourth-order valence-corrected chi connectivity index (χ4v) is 3.01. The van der Waals surface area contributed by atoms with Gasteiger partial charge in [0.1, 0.15) is 5.41 Å². The van der Waals surface area contributed by atoms with E-state index in [1.54, 1.807) is 55.5 Å². The number of carbonyl (C=O) groups excluding carboxylic acids is 2. The molecule has 0 aliphatic rings. The lowest BCUT2D eigenvalue weighted by Gasteiger charge is -2.29. The van der Waals surface area contributed by atoms with Gasteiger partial charge in [0.2, 0.25) is 0 Å². The number of nitrogens with one attached hydrogen (secondary N) is 3. The zero-order valence-electron chi connectivity index (χ0n) is 16.9. The van der Waals surface area contributed by atoms with E-state index >= 15 is 0 Å². The lowest BCUT2D eigenvalue weighted by molar-refractivity contribution is -0.143. The molecule has 0 saturated heterocycles. The van der Waals surface area contributed by atoms with Crippen molar-refractivity contribution in [2.75, 3.05) is 11.9 Å². The SMILES string of the molecule is CCC(CNC(=O)c1ccc(NC(=O)NC(C)C)cc1)(C(=O)O)c1ccccc1. The maximum Gasteiger partial charge on any atom is 0.319 e. The van der Waals surface area contributed by atoms with Crippen LogP contribution in [-0.4, -0.2) is 35.6 Å². The highest BCUT2D eigenvalue weighted by Gasteiger charge is 2.39. The summed E-state index contributed by atoms with van der Waals surface area (Å²) in [6.07, 6.45) is 0.334. The molecule has 0 heterocycles. The molecule has 0 aliphatic carbocycles. The maximum absolute atomic E-state index is 12.5. The fourth-order valence-electron chi connectivity index (χ4n) is 3.01. The largest absolute Gasteiger partial charge is 0.481 e. The van der Waals surface area contributed by atoms with Crippen LogP contribution >= 0.6 is 0 Å². The average Bonchev–Trinajstić information content (AvgIpc) is 2.69. The number of rotatable bonds is 8. The van der Waals surface area contributed by atoms with E-state index in [2.05, 4.69) is 16.0 Å². The highest BCUT2D eigenvalue weighted by atomic mass is 16.4. The highest BCUT2D eigenvalue weighted by Crippen LogP contribution is 2.28. The Morgan fingerprint density at radius 3 is 2.14 bits per heavy atom. The van der Waals surface area contributed by atoms with Gasteiger partial charge in [-0.15, -0.1) is 0 Å². The molecule has 2 aromatic rings. The number of amides is 3. The van der Waals surface area contributed by atoms with E-state index < -0.39 is 11.4 Å². The molecule has 4 N–H and O–H groups in total. The van der Waals surface area contributed by atoms with Crippen molar-refractivity contribution in [3.63, 3.8) is 0 Å². The summed E-state index contributed by atoms with van der Waals surface area (Å²) >= 11 is 0. The van der Waals surface area contributed by atoms with Gasteiger partial charge in [0.15, 0.2) is 0 Å². The number of hydrogen-bond donors (Lipinski definition) is 4. The van der Waals surface area contributed by atoms with Crippen molar-refractivity contribution in [1.82, 2.24) is 10.6 Å². The molecule has 1 atom stereocenters. The summed E-state index contributed by atoms with van der Waals surface area (Å²) in [5.41, 5.74) is 0.375. The zero-order valence-corrected chi connectivity index (χ0v) is 16.9. The van der Waals surface area contributed by atoms with Gasteiger partial charge in [-0.2, -0.15) is 0 Å². The van der Waals surface area contributed by atoms with Crippen LogP contribution in [0, 0.1) is 0 Å². The molecule has 0 bridgehead atoms. The van der Waals surface area contributed by atoms with Gasteiger partial charge in [-0.3, -0.25) is 9.59 Å². The summed E-state index contributed by atoms with van der Waals surface area (Å²) in [5, 5.41) is 18.0. The minimum atomic E-state index is -1.20. The Labute approximate surface area is 170 Å². The molecule has 1 unspecified atom stereocenters. The van der Waals surface area contributed by atoms with Gasteiger partial charge in [-0.1, -0.05) is 37.3 Å². The first-order valence-electron chi connectivity index (χ1n) is 9.53. The van der Waals surface area contributed by atoms with Crippen LogP contribution in [0.4, 0.5) is 10.5 Å². The van der Waals surface area contributed by atoms with E-state index in [4.69, 9.17) is 0 Å². The number of hydrogen-bond acceptors (Lipinski definition) is 3. The summed E-state index contributed by atoms with van der Waals surface area (Å²) in [4.78, 5) is 36.3. The van der Waals surface area contributed by atoms with Gasteiger partial charge in [0.05, 0.1) is 0 Å². The lowest BCUT2D eigenvalue weighted by atomic mass is 9.78. The molecule has 2 rings (SSSR count). The summed E-state index contributed by atoms with van der Waals surface area (Å²) in [6, 6.07) is 15.0. The van der Waals surface area contributed by atoms with Gasteiger partial charge >= 0.3 is 12.0 Å². The van der Waals surface area contributed by atoms with Crippen LogP contribution in [0.2, 0.25) is 0 Å². The van der Waals surface area contributed by atoms with Crippen LogP contribution in [0.15, 0.2) is 54.6 Å². The molecule has 7 heteroatoms. The molecule has 2 aromatic carbocycles. The first kappa shape index (κ1) is 21.9. The molecule has 29 heavy (non-hydrogen) atoms. The van der Waals surface area contributed by atoms with Crippen LogP contribution < -0.4 is 16.0 Å². The number of carboxylic acid groups (broad SMARTS) is 1. The first-order valence-corrected chi connectivity index (χ1v) is 9.53. The van der Waals surface area contributed by atoms with Crippen molar-refractivity contribution in [2.45, 2.75) is 38.6 Å². The van der Waals surface area contributed by atoms with Gasteiger partial charge in [-0.05, 0) is 50.1 Å². The van der Waals surface area contributed by atoms with Crippen molar-refractivity contribution in [3.05, 3.63) is 65.7 Å². The number of carboxylic acids is 1. The first-order chi connectivity index (χ1) is 13.8. The third kappa shape index (κ3) is 5.57. The Morgan fingerprint density at radius 2 is 1.62 bits per heavy atom. The summed E-state index contributed by atoms with van der Waals surface area (Å²) < 4.78 is 0. The molecule has 3 amide bonds. The Balaban J connectivity index is 2.07. The number of benzene rings is 2. The summed E-state index contributed by atoms with van der Waals surface area (Å²) in [7, 11) is 0. The predicted octanol–water partition coefficient (Wildman–Crippen LogP) is 3.38. The molecule has 154 valence electrons. The predicted molar refractivity (Wildman–Crippen MR) is 112 cm³/mol. The Bertz CT molecular complexity index is 850. The molecule has 0 fully saturated rings. The van der Waals surface area contributed by atoms with Crippen molar-refractivity contribution in [3.8, 4) is 0 Å². The van der Waals surface area contributed by atoms with Crippen LogP contribution in [-0.2, 0) is 10.2 Å². The van der Waals surface area contributed by atoms with E-state index in [1.807, 2.05) is 19.9 Å². The van der Waals surface area contributed by atoms with Crippen LogP contribution in [0.25, 0.3) is 0 Å². The number of aliphatic carboxylic acids is 1. The second-order valence-corrected chi connectivity index (χ2v) is 7.12. The van der Waals surface area contributed by atoms with Crippen molar-refractivity contribution < 1.29 is 19.5 Å². The second kappa shape index (κ2) is 9.73. The topological polar surface area (TPSA) is 108 Å². The summed E-state index contributed by atoms with van der Waals surface area (Å²) in [5.74, 6) is -1.36. The molecular weight excluding hydrogens is 370 g/mol. The van der Waals surface area contributed by atoms with Gasteiger partial charge in [0, 0.05) is 23.8 Å². The number of urea groups is 1. The van der Waals surface area contributed by atoms with E-state index in [0.29, 0.717) is 23.2 Å². The molecule has 0 radical (unpaired) electrons. The van der Waals surface area contributed by atoms with Gasteiger partial charge < -0.3 is 21.1 Å². The Kier molecular flexibility index (Phi) is 7.36. The zero-order chi connectivity index (χ0) is 21.4. The molecule has 7 nitrogen and oxygen atoms in total. The third-order valence-corrected chi connectivity index (χ3v) is 4.71.